The fourth-order valence-electron chi connectivity index (χ4n) is 4.69. The van der Waals surface area contributed by atoms with E-state index in [1.54, 1.807) is 0 Å². The lowest BCUT2D eigenvalue weighted by Gasteiger charge is -2.36. The third-order valence-corrected chi connectivity index (χ3v) is 7.73. The molecule has 2 unspecified atom stereocenters. The maximum atomic E-state index is 10.8. The van der Waals surface area contributed by atoms with Gasteiger partial charge in [-0.1, -0.05) is 90.4 Å². The summed E-state index contributed by atoms with van der Waals surface area (Å²) in [6.45, 7) is 2.29. The number of hydrogen-bond acceptors (Lipinski definition) is 2. The van der Waals surface area contributed by atoms with Crippen LogP contribution in [0, 0.1) is 0 Å². The maximum absolute atomic E-state index is 10.8. The van der Waals surface area contributed by atoms with Gasteiger partial charge in [-0.25, -0.2) is 0 Å². The molecule has 2 bridgehead atoms. The lowest BCUT2D eigenvalue weighted by molar-refractivity contribution is 0.0130. The molecule has 2 rings (SSSR count). The Balaban J connectivity index is 1.34. The Labute approximate surface area is 155 Å². The van der Waals surface area contributed by atoms with Crippen LogP contribution in [0.3, 0.4) is 0 Å². The van der Waals surface area contributed by atoms with Gasteiger partial charge in [-0.3, -0.25) is 0 Å². The first kappa shape index (κ1) is 20.6. The fourth-order valence-corrected chi connectivity index (χ4v) is 6.59. The van der Waals surface area contributed by atoms with E-state index in [4.69, 9.17) is 0 Å². The highest BCUT2D eigenvalue weighted by Gasteiger charge is 2.42. The molecule has 0 aromatic carbocycles. The van der Waals surface area contributed by atoms with E-state index < -0.39 is 0 Å². The number of thioether (sulfide) groups is 1. The lowest BCUT2D eigenvalue weighted by atomic mass is 9.87. The molecule has 24 heavy (non-hydrogen) atoms. The van der Waals surface area contributed by atoms with Crippen molar-refractivity contribution in [3.63, 3.8) is 0 Å². The molecule has 2 heterocycles. The summed E-state index contributed by atoms with van der Waals surface area (Å²) in [5, 5.41) is 12.4. The number of unbranched alkanes of at least 4 members (excludes halogenated alkanes) is 12. The summed E-state index contributed by atoms with van der Waals surface area (Å²) in [5.41, 5.74) is -0.297. The van der Waals surface area contributed by atoms with Crippen molar-refractivity contribution in [2.45, 2.75) is 139 Å². The van der Waals surface area contributed by atoms with Crippen molar-refractivity contribution in [2.75, 3.05) is 0 Å². The summed E-state index contributed by atoms with van der Waals surface area (Å²) in [6.07, 6.45) is 24.2. The van der Waals surface area contributed by atoms with Gasteiger partial charge in [-0.2, -0.15) is 11.8 Å². The Morgan fingerprint density at radius 2 is 1.12 bits per heavy atom. The second-order valence-electron chi connectivity index (χ2n) is 8.58. The molecule has 0 aliphatic carbocycles. The molecule has 0 radical (unpaired) electrons. The van der Waals surface area contributed by atoms with Crippen molar-refractivity contribution >= 4 is 11.8 Å². The minimum Gasteiger partial charge on any atom is -0.390 e. The first-order valence-electron chi connectivity index (χ1n) is 11.1. The molecule has 2 fully saturated rings. The molecule has 2 heteroatoms. The van der Waals surface area contributed by atoms with Gasteiger partial charge < -0.3 is 5.11 Å². The minimum absolute atomic E-state index is 0.297. The quantitative estimate of drug-likeness (QED) is 0.331. The van der Waals surface area contributed by atoms with Crippen LogP contribution in [0.4, 0.5) is 0 Å². The molecule has 2 aliphatic heterocycles. The van der Waals surface area contributed by atoms with Crippen LogP contribution < -0.4 is 0 Å². The number of hydrogen-bond donors (Lipinski definition) is 1. The van der Waals surface area contributed by atoms with E-state index in [0.717, 1.165) is 29.8 Å². The van der Waals surface area contributed by atoms with E-state index in [-0.39, 0.29) is 5.60 Å². The number of aliphatic hydroxyl groups is 1. The average molecular weight is 355 g/mol. The van der Waals surface area contributed by atoms with Gasteiger partial charge in [0.15, 0.2) is 0 Å². The van der Waals surface area contributed by atoms with Crippen LogP contribution >= 0.6 is 11.8 Å². The summed E-state index contributed by atoms with van der Waals surface area (Å²) in [4.78, 5) is 0. The third kappa shape index (κ3) is 8.13. The molecule has 1 N–H and O–H groups in total. The Hall–Kier alpha value is 0.310. The van der Waals surface area contributed by atoms with E-state index in [1.165, 1.54) is 96.3 Å². The van der Waals surface area contributed by atoms with Gasteiger partial charge >= 0.3 is 0 Å². The fraction of sp³-hybridized carbons (Fsp3) is 1.00. The largest absolute Gasteiger partial charge is 0.390 e. The van der Waals surface area contributed by atoms with Gasteiger partial charge in [0.1, 0.15) is 0 Å². The molecule has 0 aromatic rings. The zero-order valence-electron chi connectivity index (χ0n) is 16.2. The molecule has 2 saturated heterocycles. The second-order valence-corrected chi connectivity index (χ2v) is 10.2. The molecule has 0 aromatic heterocycles. The van der Waals surface area contributed by atoms with Gasteiger partial charge in [-0.05, 0) is 32.1 Å². The monoisotopic (exact) mass is 354 g/mol. The van der Waals surface area contributed by atoms with Crippen LogP contribution in [0.15, 0.2) is 0 Å². The molecular formula is C22H42OS. The highest BCUT2D eigenvalue weighted by molar-refractivity contribution is 8.00. The topological polar surface area (TPSA) is 20.2 Å². The zero-order chi connectivity index (χ0) is 17.1. The third-order valence-electron chi connectivity index (χ3n) is 6.16. The molecule has 0 saturated carbocycles. The van der Waals surface area contributed by atoms with Gasteiger partial charge in [0.05, 0.1) is 5.60 Å². The standard InChI is InChI=1S/C22H42OS/c1-2-3-4-5-6-7-8-9-10-11-12-13-14-17-22(23)18-20-15-16-21(19-22)24-20/h20-21,23H,2-19H2,1H3. The van der Waals surface area contributed by atoms with Crippen LogP contribution in [0.25, 0.3) is 0 Å². The summed E-state index contributed by atoms with van der Waals surface area (Å²) in [7, 11) is 0. The Bertz CT molecular complexity index is 305. The van der Waals surface area contributed by atoms with Gasteiger partial charge in [-0.15, -0.1) is 0 Å². The van der Waals surface area contributed by atoms with E-state index >= 15 is 0 Å². The summed E-state index contributed by atoms with van der Waals surface area (Å²) in [6, 6.07) is 0. The summed E-state index contributed by atoms with van der Waals surface area (Å²) < 4.78 is 0. The highest BCUT2D eigenvalue weighted by Crippen LogP contribution is 2.48. The Kier molecular flexibility index (Phi) is 10.2. The second kappa shape index (κ2) is 11.8. The van der Waals surface area contributed by atoms with Crippen LogP contribution in [-0.4, -0.2) is 21.2 Å². The SMILES string of the molecule is CCCCCCCCCCCCCCCC1(O)CC2CCC(C1)S2. The first-order chi connectivity index (χ1) is 11.7. The average Bonchev–Trinajstić information content (AvgIpc) is 2.91. The molecule has 0 amide bonds. The van der Waals surface area contributed by atoms with Crippen LogP contribution in [0.2, 0.25) is 0 Å². The maximum Gasteiger partial charge on any atom is 0.0668 e. The summed E-state index contributed by atoms with van der Waals surface area (Å²) in [5.74, 6) is 0. The smallest absolute Gasteiger partial charge is 0.0668 e. The molecule has 1 nitrogen and oxygen atoms in total. The predicted molar refractivity (Wildman–Crippen MR) is 109 cm³/mol. The summed E-state index contributed by atoms with van der Waals surface area (Å²) >= 11 is 2.16. The molecule has 2 atom stereocenters. The zero-order valence-corrected chi connectivity index (χ0v) is 17.1. The van der Waals surface area contributed by atoms with Gasteiger partial charge in [0.2, 0.25) is 0 Å². The number of fused-ring (bicyclic) bond motifs is 2. The molecule has 0 spiro atoms. The van der Waals surface area contributed by atoms with Gasteiger partial charge in [0, 0.05) is 10.5 Å². The Morgan fingerprint density at radius 1 is 0.708 bits per heavy atom. The minimum atomic E-state index is -0.297. The van der Waals surface area contributed by atoms with Crippen molar-refractivity contribution in [2.24, 2.45) is 0 Å². The van der Waals surface area contributed by atoms with E-state index in [2.05, 4.69) is 18.7 Å². The van der Waals surface area contributed by atoms with Crippen molar-refractivity contribution in [3.05, 3.63) is 0 Å². The lowest BCUT2D eigenvalue weighted by Crippen LogP contribution is -2.37. The normalized spacial score (nSPS) is 29.2. The molecular weight excluding hydrogens is 312 g/mol. The van der Waals surface area contributed by atoms with Crippen molar-refractivity contribution < 1.29 is 5.11 Å². The van der Waals surface area contributed by atoms with E-state index in [0.29, 0.717) is 0 Å². The van der Waals surface area contributed by atoms with Crippen LogP contribution in [-0.2, 0) is 0 Å². The predicted octanol–water partition coefficient (Wildman–Crippen LogP) is 7.26. The molecule has 2 aliphatic rings. The van der Waals surface area contributed by atoms with Gasteiger partial charge in [0.25, 0.3) is 0 Å². The van der Waals surface area contributed by atoms with E-state index in [9.17, 15) is 5.11 Å². The highest BCUT2D eigenvalue weighted by atomic mass is 32.2. The first-order valence-corrected chi connectivity index (χ1v) is 12.0. The molecule has 142 valence electrons. The van der Waals surface area contributed by atoms with E-state index in [1.807, 2.05) is 0 Å². The van der Waals surface area contributed by atoms with Crippen molar-refractivity contribution in [3.8, 4) is 0 Å². The van der Waals surface area contributed by atoms with Crippen molar-refractivity contribution in [1.29, 1.82) is 0 Å². The van der Waals surface area contributed by atoms with Crippen LogP contribution in [0.1, 0.15) is 122 Å². The van der Waals surface area contributed by atoms with Crippen molar-refractivity contribution in [1.82, 2.24) is 0 Å². The van der Waals surface area contributed by atoms with Crippen LogP contribution in [0.5, 0.6) is 0 Å². The number of rotatable bonds is 14. The Morgan fingerprint density at radius 3 is 1.58 bits per heavy atom.